The Bertz CT molecular complexity index is 277. The highest BCUT2D eigenvalue weighted by atomic mass is 16.3. The molecule has 2 heteroatoms. The van der Waals surface area contributed by atoms with Crippen molar-refractivity contribution in [3.05, 3.63) is 35.4 Å². The molecule has 0 aliphatic carbocycles. The Hall–Kier alpha value is -0.860. The number of nitrogens with two attached hydrogens (primary N) is 1. The fraction of sp³-hybridized carbons (Fsp3) is 0.500. The zero-order valence-corrected chi connectivity index (χ0v) is 9.07. The predicted octanol–water partition coefficient (Wildman–Crippen LogP) is 2.19. The van der Waals surface area contributed by atoms with Crippen molar-refractivity contribution in [1.29, 1.82) is 0 Å². The Kier molecular flexibility index (Phi) is 3.67. The second-order valence-corrected chi connectivity index (χ2v) is 4.09. The molecule has 1 rings (SSSR count). The fourth-order valence-corrected chi connectivity index (χ4v) is 1.38. The van der Waals surface area contributed by atoms with Crippen LogP contribution in [0.5, 0.6) is 0 Å². The lowest BCUT2D eigenvalue weighted by molar-refractivity contribution is 0.164. The van der Waals surface area contributed by atoms with Gasteiger partial charge in [-0.15, -0.1) is 0 Å². The number of aliphatic hydroxyl groups excluding tert-OH is 1. The summed E-state index contributed by atoms with van der Waals surface area (Å²) in [6.45, 7) is 6.02. The summed E-state index contributed by atoms with van der Waals surface area (Å²) >= 11 is 0. The monoisotopic (exact) mass is 193 g/mol. The van der Waals surface area contributed by atoms with Crippen LogP contribution in [0.4, 0.5) is 0 Å². The van der Waals surface area contributed by atoms with Crippen LogP contribution in [0.1, 0.15) is 43.9 Å². The highest BCUT2D eigenvalue weighted by Gasteiger charge is 2.11. The maximum atomic E-state index is 9.33. The normalized spacial score (nSPS) is 15.6. The first-order valence-electron chi connectivity index (χ1n) is 5.06. The minimum atomic E-state index is -0.500. The number of rotatable bonds is 3. The Labute approximate surface area is 85.8 Å². The molecule has 3 N–H and O–H groups in total. The van der Waals surface area contributed by atoms with E-state index >= 15 is 0 Å². The molecule has 0 aliphatic heterocycles. The van der Waals surface area contributed by atoms with Crippen molar-refractivity contribution in [2.24, 2.45) is 5.73 Å². The Morgan fingerprint density at radius 3 is 1.79 bits per heavy atom. The lowest BCUT2D eigenvalue weighted by Crippen LogP contribution is -2.23. The van der Waals surface area contributed by atoms with Crippen LogP contribution in [0, 0.1) is 0 Å². The van der Waals surface area contributed by atoms with Gasteiger partial charge in [0.2, 0.25) is 0 Å². The van der Waals surface area contributed by atoms with Crippen LogP contribution in [0.3, 0.4) is 0 Å². The molecule has 2 nitrogen and oxygen atoms in total. The highest BCUT2D eigenvalue weighted by molar-refractivity contribution is 5.27. The fourth-order valence-electron chi connectivity index (χ4n) is 1.38. The minimum absolute atomic E-state index is 0.281. The molecule has 0 fully saturated rings. The summed E-state index contributed by atoms with van der Waals surface area (Å²) < 4.78 is 0. The average molecular weight is 193 g/mol. The maximum absolute atomic E-state index is 9.33. The van der Waals surface area contributed by atoms with Gasteiger partial charge in [0.05, 0.1) is 12.1 Å². The van der Waals surface area contributed by atoms with Gasteiger partial charge in [0.25, 0.3) is 0 Å². The van der Waals surface area contributed by atoms with E-state index < -0.39 is 6.10 Å². The maximum Gasteiger partial charge on any atom is 0.0704 e. The van der Waals surface area contributed by atoms with Gasteiger partial charge in [-0.05, 0) is 24.0 Å². The summed E-state index contributed by atoms with van der Waals surface area (Å²) in [5.41, 5.74) is 8.10. The van der Waals surface area contributed by atoms with Crippen LogP contribution in [-0.2, 0) is 0 Å². The molecule has 2 atom stereocenters. The third-order valence-corrected chi connectivity index (χ3v) is 2.51. The standard InChI is InChI=1S/C12H19NO/c1-8(2)10-4-6-11(7-5-10)12(13)9(3)14/h4-9,12,14H,13H2,1-3H3/t9-,12+/m1/s1. The van der Waals surface area contributed by atoms with Crippen LogP contribution in [0.15, 0.2) is 24.3 Å². The third kappa shape index (κ3) is 2.56. The van der Waals surface area contributed by atoms with E-state index in [-0.39, 0.29) is 6.04 Å². The molecular formula is C12H19NO. The Morgan fingerprint density at radius 1 is 1.00 bits per heavy atom. The molecule has 0 heterocycles. The molecule has 0 aliphatic rings. The van der Waals surface area contributed by atoms with E-state index in [0.717, 1.165) is 5.56 Å². The molecule has 78 valence electrons. The molecular weight excluding hydrogens is 174 g/mol. The Balaban J connectivity index is 2.83. The second kappa shape index (κ2) is 4.58. The number of benzene rings is 1. The van der Waals surface area contributed by atoms with E-state index in [0.29, 0.717) is 5.92 Å². The van der Waals surface area contributed by atoms with Crippen molar-refractivity contribution >= 4 is 0 Å². The van der Waals surface area contributed by atoms with E-state index in [1.807, 2.05) is 12.1 Å². The molecule has 0 saturated heterocycles. The van der Waals surface area contributed by atoms with Crippen LogP contribution in [-0.4, -0.2) is 11.2 Å². The molecule has 0 radical (unpaired) electrons. The van der Waals surface area contributed by atoms with E-state index in [4.69, 9.17) is 5.73 Å². The van der Waals surface area contributed by atoms with Crippen molar-refractivity contribution in [3.63, 3.8) is 0 Å². The van der Waals surface area contributed by atoms with Crippen molar-refractivity contribution < 1.29 is 5.11 Å². The SMILES string of the molecule is CC(C)c1ccc([C@@H](N)[C@@H](C)O)cc1. The van der Waals surface area contributed by atoms with Crippen LogP contribution >= 0.6 is 0 Å². The summed E-state index contributed by atoms with van der Waals surface area (Å²) in [4.78, 5) is 0. The summed E-state index contributed by atoms with van der Waals surface area (Å²) in [7, 11) is 0. The summed E-state index contributed by atoms with van der Waals surface area (Å²) in [5.74, 6) is 0.534. The lowest BCUT2D eigenvalue weighted by atomic mass is 9.98. The number of hydrogen-bond donors (Lipinski definition) is 2. The van der Waals surface area contributed by atoms with Crippen LogP contribution in [0.2, 0.25) is 0 Å². The summed E-state index contributed by atoms with van der Waals surface area (Å²) in [6.07, 6.45) is -0.500. The van der Waals surface area contributed by atoms with Gasteiger partial charge in [-0.1, -0.05) is 38.1 Å². The van der Waals surface area contributed by atoms with Gasteiger partial charge in [-0.3, -0.25) is 0 Å². The average Bonchev–Trinajstić information content (AvgIpc) is 2.16. The first-order valence-corrected chi connectivity index (χ1v) is 5.06. The van der Waals surface area contributed by atoms with Crippen molar-refractivity contribution in [1.82, 2.24) is 0 Å². The first-order chi connectivity index (χ1) is 6.52. The smallest absolute Gasteiger partial charge is 0.0704 e. The molecule has 0 spiro atoms. The molecule has 0 unspecified atom stereocenters. The van der Waals surface area contributed by atoms with Gasteiger partial charge >= 0.3 is 0 Å². The largest absolute Gasteiger partial charge is 0.391 e. The summed E-state index contributed by atoms with van der Waals surface area (Å²) in [5, 5.41) is 9.33. The van der Waals surface area contributed by atoms with Gasteiger partial charge in [0.1, 0.15) is 0 Å². The van der Waals surface area contributed by atoms with E-state index in [1.165, 1.54) is 5.56 Å². The van der Waals surface area contributed by atoms with Crippen LogP contribution in [0.25, 0.3) is 0 Å². The minimum Gasteiger partial charge on any atom is -0.391 e. The zero-order valence-electron chi connectivity index (χ0n) is 9.07. The van der Waals surface area contributed by atoms with E-state index in [9.17, 15) is 5.11 Å². The molecule has 0 aromatic heterocycles. The van der Waals surface area contributed by atoms with Gasteiger partial charge in [0, 0.05) is 0 Å². The molecule has 0 bridgehead atoms. The van der Waals surface area contributed by atoms with E-state index in [2.05, 4.69) is 26.0 Å². The third-order valence-electron chi connectivity index (χ3n) is 2.51. The second-order valence-electron chi connectivity index (χ2n) is 4.09. The summed E-state index contributed by atoms with van der Waals surface area (Å²) in [6, 6.07) is 7.85. The molecule has 0 amide bonds. The first kappa shape index (κ1) is 11.2. The Morgan fingerprint density at radius 2 is 1.43 bits per heavy atom. The molecule has 1 aromatic carbocycles. The molecule has 14 heavy (non-hydrogen) atoms. The van der Waals surface area contributed by atoms with Gasteiger partial charge in [0.15, 0.2) is 0 Å². The van der Waals surface area contributed by atoms with Crippen LogP contribution < -0.4 is 5.73 Å². The van der Waals surface area contributed by atoms with Crippen molar-refractivity contribution in [2.45, 2.75) is 38.8 Å². The quantitative estimate of drug-likeness (QED) is 0.773. The van der Waals surface area contributed by atoms with Crippen molar-refractivity contribution in [3.8, 4) is 0 Å². The molecule has 1 aromatic rings. The molecule has 0 saturated carbocycles. The lowest BCUT2D eigenvalue weighted by Gasteiger charge is -2.15. The number of aliphatic hydroxyl groups is 1. The topological polar surface area (TPSA) is 46.2 Å². The van der Waals surface area contributed by atoms with Gasteiger partial charge < -0.3 is 10.8 Å². The van der Waals surface area contributed by atoms with Gasteiger partial charge in [-0.2, -0.15) is 0 Å². The highest BCUT2D eigenvalue weighted by Crippen LogP contribution is 2.19. The van der Waals surface area contributed by atoms with Crippen molar-refractivity contribution in [2.75, 3.05) is 0 Å². The predicted molar refractivity (Wildman–Crippen MR) is 59.1 cm³/mol. The number of hydrogen-bond acceptors (Lipinski definition) is 2. The van der Waals surface area contributed by atoms with Gasteiger partial charge in [-0.25, -0.2) is 0 Å². The van der Waals surface area contributed by atoms with E-state index in [1.54, 1.807) is 6.92 Å². The zero-order chi connectivity index (χ0) is 10.7.